The SMILES string of the molecule is O=C(NCC[C@H]1CCCCN1S(=O)(=O)c1cccs1)C1(c2ccccc2)CCOCC1. The summed E-state index contributed by atoms with van der Waals surface area (Å²) in [5.74, 6) is 0.0190. The average molecular weight is 463 g/mol. The van der Waals surface area contributed by atoms with Gasteiger partial charge in [0.15, 0.2) is 0 Å². The van der Waals surface area contributed by atoms with Gasteiger partial charge >= 0.3 is 0 Å². The number of sulfonamides is 1. The van der Waals surface area contributed by atoms with Crippen molar-refractivity contribution in [3.8, 4) is 0 Å². The number of nitrogens with zero attached hydrogens (tertiary/aromatic N) is 1. The van der Waals surface area contributed by atoms with Crippen LogP contribution in [0.2, 0.25) is 0 Å². The molecule has 31 heavy (non-hydrogen) atoms. The molecule has 0 saturated carbocycles. The van der Waals surface area contributed by atoms with Crippen molar-refractivity contribution in [2.45, 2.75) is 54.2 Å². The van der Waals surface area contributed by atoms with E-state index in [0.717, 1.165) is 24.8 Å². The van der Waals surface area contributed by atoms with E-state index in [1.54, 1.807) is 21.8 Å². The lowest BCUT2D eigenvalue weighted by Gasteiger charge is -2.37. The first-order chi connectivity index (χ1) is 15.0. The van der Waals surface area contributed by atoms with E-state index >= 15 is 0 Å². The number of benzene rings is 1. The highest BCUT2D eigenvalue weighted by molar-refractivity contribution is 7.91. The molecular formula is C23H30N2O4S2. The molecule has 6 nitrogen and oxygen atoms in total. The molecule has 2 aromatic rings. The van der Waals surface area contributed by atoms with E-state index in [4.69, 9.17) is 4.74 Å². The molecule has 168 valence electrons. The van der Waals surface area contributed by atoms with Crippen molar-refractivity contribution in [1.82, 2.24) is 9.62 Å². The summed E-state index contributed by atoms with van der Waals surface area (Å²) in [4.78, 5) is 13.3. The van der Waals surface area contributed by atoms with E-state index in [2.05, 4.69) is 5.32 Å². The van der Waals surface area contributed by atoms with E-state index < -0.39 is 15.4 Å². The Labute approximate surface area is 188 Å². The molecule has 2 fully saturated rings. The van der Waals surface area contributed by atoms with Gasteiger partial charge in [0.2, 0.25) is 5.91 Å². The second-order valence-corrected chi connectivity index (χ2v) is 11.4. The lowest BCUT2D eigenvalue weighted by Crippen LogP contribution is -2.49. The van der Waals surface area contributed by atoms with Crippen LogP contribution in [0, 0.1) is 0 Å². The van der Waals surface area contributed by atoms with Gasteiger partial charge in [0.25, 0.3) is 10.0 Å². The molecule has 0 unspecified atom stereocenters. The molecule has 4 rings (SSSR count). The Morgan fingerprint density at radius 3 is 2.61 bits per heavy atom. The summed E-state index contributed by atoms with van der Waals surface area (Å²) in [5, 5.41) is 4.93. The third kappa shape index (κ3) is 4.72. The summed E-state index contributed by atoms with van der Waals surface area (Å²) in [6, 6.07) is 13.3. The number of piperidine rings is 1. The van der Waals surface area contributed by atoms with Gasteiger partial charge in [-0.15, -0.1) is 11.3 Å². The number of rotatable bonds is 7. The number of carbonyl (C=O) groups excluding carboxylic acids is 1. The predicted octanol–water partition coefficient (Wildman–Crippen LogP) is 3.55. The van der Waals surface area contributed by atoms with Gasteiger partial charge in [-0.25, -0.2) is 8.42 Å². The second kappa shape index (κ2) is 9.81. The normalized spacial score (nSPS) is 22.1. The number of amides is 1. The van der Waals surface area contributed by atoms with Crippen molar-refractivity contribution in [3.05, 3.63) is 53.4 Å². The first kappa shape index (κ1) is 22.5. The quantitative estimate of drug-likeness (QED) is 0.683. The van der Waals surface area contributed by atoms with Crippen LogP contribution in [0.1, 0.15) is 44.1 Å². The molecule has 2 saturated heterocycles. The summed E-state index contributed by atoms with van der Waals surface area (Å²) in [6.07, 6.45) is 4.66. The fourth-order valence-corrected chi connectivity index (χ4v) is 7.59. The van der Waals surface area contributed by atoms with E-state index in [0.29, 0.717) is 49.8 Å². The Hall–Kier alpha value is -1.74. The van der Waals surface area contributed by atoms with Crippen LogP contribution < -0.4 is 5.32 Å². The van der Waals surface area contributed by atoms with Crippen LogP contribution in [0.15, 0.2) is 52.1 Å². The summed E-state index contributed by atoms with van der Waals surface area (Å²) >= 11 is 1.26. The van der Waals surface area contributed by atoms with Crippen LogP contribution in [0.25, 0.3) is 0 Å². The fourth-order valence-electron chi connectivity index (χ4n) is 4.75. The van der Waals surface area contributed by atoms with E-state index in [1.165, 1.54) is 11.3 Å². The minimum absolute atomic E-state index is 0.0190. The third-order valence-electron chi connectivity index (χ3n) is 6.50. The van der Waals surface area contributed by atoms with Gasteiger partial charge in [-0.3, -0.25) is 4.79 Å². The number of hydrogen-bond donors (Lipinski definition) is 1. The van der Waals surface area contributed by atoms with Gasteiger partial charge in [-0.2, -0.15) is 4.31 Å². The van der Waals surface area contributed by atoms with Crippen LogP contribution in [0.4, 0.5) is 0 Å². The predicted molar refractivity (Wildman–Crippen MR) is 122 cm³/mol. The maximum absolute atomic E-state index is 13.3. The molecule has 1 aromatic carbocycles. The van der Waals surface area contributed by atoms with E-state index in [1.807, 2.05) is 30.3 Å². The van der Waals surface area contributed by atoms with Crippen molar-refractivity contribution < 1.29 is 17.9 Å². The Balaban J connectivity index is 1.43. The van der Waals surface area contributed by atoms with Crippen LogP contribution in [-0.2, 0) is 25.0 Å². The molecule has 0 bridgehead atoms. The standard InChI is InChI=1S/C23H30N2O4S2/c26-22(23(12-16-29-17-13-23)19-7-2-1-3-8-19)24-14-11-20-9-4-5-15-25(20)31(27,28)21-10-6-18-30-21/h1-3,6-8,10,18,20H,4-5,9,11-17H2,(H,24,26)/t20-/m1/s1. The van der Waals surface area contributed by atoms with Crippen molar-refractivity contribution in [1.29, 1.82) is 0 Å². The molecule has 3 heterocycles. The second-order valence-electron chi connectivity index (χ2n) is 8.30. The zero-order chi connectivity index (χ0) is 21.7. The van der Waals surface area contributed by atoms with Crippen molar-refractivity contribution >= 4 is 27.3 Å². The maximum Gasteiger partial charge on any atom is 0.252 e. The molecule has 0 aliphatic carbocycles. The number of thiophene rings is 1. The molecule has 1 aromatic heterocycles. The van der Waals surface area contributed by atoms with Gasteiger partial charge in [0.1, 0.15) is 4.21 Å². The third-order valence-corrected chi connectivity index (χ3v) is 9.83. The summed E-state index contributed by atoms with van der Waals surface area (Å²) < 4.78 is 33.7. The summed E-state index contributed by atoms with van der Waals surface area (Å²) in [7, 11) is -3.47. The number of ether oxygens (including phenoxy) is 1. The molecular weight excluding hydrogens is 432 g/mol. The van der Waals surface area contributed by atoms with Gasteiger partial charge in [-0.05, 0) is 49.1 Å². The fraction of sp³-hybridized carbons (Fsp3) is 0.522. The van der Waals surface area contributed by atoms with Crippen LogP contribution in [-0.4, -0.2) is 51.0 Å². The molecule has 1 atom stereocenters. The van der Waals surface area contributed by atoms with Crippen LogP contribution in [0.5, 0.6) is 0 Å². The topological polar surface area (TPSA) is 75.7 Å². The zero-order valence-electron chi connectivity index (χ0n) is 17.7. The van der Waals surface area contributed by atoms with Gasteiger partial charge in [0.05, 0.1) is 5.41 Å². The minimum Gasteiger partial charge on any atom is -0.381 e. The smallest absolute Gasteiger partial charge is 0.252 e. The van der Waals surface area contributed by atoms with Crippen LogP contribution in [0.3, 0.4) is 0 Å². The average Bonchev–Trinajstić information content (AvgIpc) is 3.36. The molecule has 0 radical (unpaired) electrons. The lowest BCUT2D eigenvalue weighted by atomic mass is 9.73. The van der Waals surface area contributed by atoms with Gasteiger partial charge in [0, 0.05) is 32.3 Å². The highest BCUT2D eigenvalue weighted by Gasteiger charge is 2.41. The number of hydrogen-bond acceptors (Lipinski definition) is 5. The Kier molecular flexibility index (Phi) is 7.11. The number of nitrogens with one attached hydrogen (secondary N) is 1. The molecule has 8 heteroatoms. The summed E-state index contributed by atoms with van der Waals surface area (Å²) in [5.41, 5.74) is 0.449. The molecule has 1 amide bonds. The monoisotopic (exact) mass is 462 g/mol. The first-order valence-corrected chi connectivity index (χ1v) is 13.3. The maximum atomic E-state index is 13.3. The Bertz CT molecular complexity index is 955. The largest absolute Gasteiger partial charge is 0.381 e. The first-order valence-electron chi connectivity index (χ1n) is 11.0. The van der Waals surface area contributed by atoms with Crippen molar-refractivity contribution in [2.24, 2.45) is 0 Å². The Morgan fingerprint density at radius 1 is 1.13 bits per heavy atom. The molecule has 0 spiro atoms. The molecule has 1 N–H and O–H groups in total. The number of carbonyl (C=O) groups is 1. The van der Waals surface area contributed by atoms with E-state index in [9.17, 15) is 13.2 Å². The molecule has 2 aliphatic heterocycles. The molecule has 2 aliphatic rings. The van der Waals surface area contributed by atoms with Crippen molar-refractivity contribution in [3.63, 3.8) is 0 Å². The van der Waals surface area contributed by atoms with Gasteiger partial charge in [-0.1, -0.05) is 42.8 Å². The minimum atomic E-state index is -3.47. The van der Waals surface area contributed by atoms with Crippen molar-refractivity contribution in [2.75, 3.05) is 26.3 Å². The summed E-state index contributed by atoms with van der Waals surface area (Å²) in [6.45, 7) is 2.15. The van der Waals surface area contributed by atoms with Gasteiger partial charge < -0.3 is 10.1 Å². The van der Waals surface area contributed by atoms with Crippen LogP contribution >= 0.6 is 11.3 Å². The van der Waals surface area contributed by atoms with E-state index in [-0.39, 0.29) is 11.9 Å². The highest BCUT2D eigenvalue weighted by atomic mass is 32.2. The highest BCUT2D eigenvalue weighted by Crippen LogP contribution is 2.35. The zero-order valence-corrected chi connectivity index (χ0v) is 19.3. The Morgan fingerprint density at radius 2 is 1.90 bits per heavy atom. The lowest BCUT2D eigenvalue weighted by molar-refractivity contribution is -0.130.